The summed E-state index contributed by atoms with van der Waals surface area (Å²) in [5, 5.41) is 16.3. The van der Waals surface area contributed by atoms with Crippen molar-refractivity contribution in [2.75, 3.05) is 12.4 Å². The molecule has 1 amide bonds. The second-order valence-electron chi connectivity index (χ2n) is 4.06. The van der Waals surface area contributed by atoms with Crippen LogP contribution in [0.1, 0.15) is 10.4 Å². The summed E-state index contributed by atoms with van der Waals surface area (Å²) in [4.78, 5) is 22.0. The second-order valence-corrected chi connectivity index (χ2v) is 4.06. The quantitative estimate of drug-likeness (QED) is 0.661. The second kappa shape index (κ2) is 5.83. The van der Waals surface area contributed by atoms with Crippen molar-refractivity contribution in [3.05, 3.63) is 64.2 Å². The lowest BCUT2D eigenvalue weighted by atomic mass is 10.1. The number of amides is 1. The molecule has 0 aliphatic carbocycles. The van der Waals surface area contributed by atoms with E-state index in [1.165, 1.54) is 12.1 Å². The molecule has 0 fully saturated rings. The average molecular weight is 271 g/mol. The highest BCUT2D eigenvalue weighted by Crippen LogP contribution is 2.23. The molecular formula is C14H13N3O3. The molecule has 20 heavy (non-hydrogen) atoms. The van der Waals surface area contributed by atoms with Crippen LogP contribution in [0.25, 0.3) is 0 Å². The Morgan fingerprint density at radius 2 is 1.90 bits per heavy atom. The third-order valence-corrected chi connectivity index (χ3v) is 2.73. The van der Waals surface area contributed by atoms with Crippen LogP contribution < -0.4 is 10.6 Å². The number of nitro groups is 1. The fourth-order valence-corrected chi connectivity index (χ4v) is 1.78. The SMILES string of the molecule is CNC(=O)c1ccccc1Nc1cccc([N+](=O)[O-])c1. The van der Waals surface area contributed by atoms with Crippen LogP contribution in [0.5, 0.6) is 0 Å². The molecule has 0 aromatic heterocycles. The molecule has 0 saturated carbocycles. The minimum Gasteiger partial charge on any atom is -0.355 e. The Balaban J connectivity index is 2.33. The summed E-state index contributed by atoms with van der Waals surface area (Å²) in [6.07, 6.45) is 0. The van der Waals surface area contributed by atoms with Gasteiger partial charge in [0, 0.05) is 24.9 Å². The molecular weight excluding hydrogens is 258 g/mol. The van der Waals surface area contributed by atoms with Gasteiger partial charge >= 0.3 is 0 Å². The Morgan fingerprint density at radius 1 is 1.15 bits per heavy atom. The zero-order valence-electron chi connectivity index (χ0n) is 10.8. The number of hydrogen-bond donors (Lipinski definition) is 2. The number of non-ortho nitro benzene ring substituents is 1. The number of nitro benzene ring substituents is 1. The summed E-state index contributed by atoms with van der Waals surface area (Å²) in [7, 11) is 1.55. The molecule has 0 bridgehead atoms. The van der Waals surface area contributed by atoms with Gasteiger partial charge in [-0.3, -0.25) is 14.9 Å². The monoisotopic (exact) mass is 271 g/mol. The summed E-state index contributed by atoms with van der Waals surface area (Å²) in [5.41, 5.74) is 1.61. The number of carbonyl (C=O) groups excluding carboxylic acids is 1. The Labute approximate surface area is 115 Å². The van der Waals surface area contributed by atoms with Crippen LogP contribution in [-0.2, 0) is 0 Å². The van der Waals surface area contributed by atoms with Gasteiger partial charge in [-0.1, -0.05) is 18.2 Å². The molecule has 6 nitrogen and oxygen atoms in total. The molecule has 0 aliphatic heterocycles. The van der Waals surface area contributed by atoms with Gasteiger partial charge < -0.3 is 10.6 Å². The van der Waals surface area contributed by atoms with Gasteiger partial charge in [0.2, 0.25) is 0 Å². The lowest BCUT2D eigenvalue weighted by Crippen LogP contribution is -2.19. The molecule has 2 aromatic carbocycles. The minimum absolute atomic E-state index is 0.00701. The number of anilines is 2. The van der Waals surface area contributed by atoms with Gasteiger partial charge in [0.25, 0.3) is 11.6 Å². The number of hydrogen-bond acceptors (Lipinski definition) is 4. The van der Waals surface area contributed by atoms with Crippen molar-refractivity contribution in [1.82, 2.24) is 5.32 Å². The number of rotatable bonds is 4. The highest BCUT2D eigenvalue weighted by molar-refractivity contribution is 6.00. The molecule has 0 heterocycles. The van der Waals surface area contributed by atoms with Gasteiger partial charge in [-0.2, -0.15) is 0 Å². The molecule has 102 valence electrons. The van der Waals surface area contributed by atoms with Crippen molar-refractivity contribution >= 4 is 23.0 Å². The standard InChI is InChI=1S/C14H13N3O3/c1-15-14(18)12-7-2-3-8-13(12)16-10-5-4-6-11(9-10)17(19)20/h2-9,16H,1H3,(H,15,18). The maximum absolute atomic E-state index is 11.7. The molecule has 0 radical (unpaired) electrons. The molecule has 0 unspecified atom stereocenters. The van der Waals surface area contributed by atoms with E-state index in [1.54, 1.807) is 43.4 Å². The third-order valence-electron chi connectivity index (χ3n) is 2.73. The number of para-hydroxylation sites is 1. The first-order chi connectivity index (χ1) is 9.61. The van der Waals surface area contributed by atoms with Crippen molar-refractivity contribution in [3.8, 4) is 0 Å². The van der Waals surface area contributed by atoms with E-state index in [4.69, 9.17) is 0 Å². The van der Waals surface area contributed by atoms with E-state index in [0.29, 0.717) is 16.9 Å². The van der Waals surface area contributed by atoms with Crippen LogP contribution in [0.4, 0.5) is 17.1 Å². The first-order valence-corrected chi connectivity index (χ1v) is 5.94. The van der Waals surface area contributed by atoms with Crippen LogP contribution in [-0.4, -0.2) is 17.9 Å². The highest BCUT2D eigenvalue weighted by Gasteiger charge is 2.10. The van der Waals surface area contributed by atoms with Crippen LogP contribution in [0.15, 0.2) is 48.5 Å². The van der Waals surface area contributed by atoms with E-state index in [2.05, 4.69) is 10.6 Å². The number of benzene rings is 2. The van der Waals surface area contributed by atoms with Crippen molar-refractivity contribution in [2.24, 2.45) is 0 Å². The Hall–Kier alpha value is -2.89. The van der Waals surface area contributed by atoms with Gasteiger partial charge in [-0.05, 0) is 18.2 Å². The van der Waals surface area contributed by atoms with Gasteiger partial charge in [0.1, 0.15) is 0 Å². The van der Waals surface area contributed by atoms with Crippen LogP contribution >= 0.6 is 0 Å². The summed E-state index contributed by atoms with van der Waals surface area (Å²) in [6, 6.07) is 13.1. The average Bonchev–Trinajstić information content (AvgIpc) is 2.47. The number of nitrogens with zero attached hydrogens (tertiary/aromatic N) is 1. The lowest BCUT2D eigenvalue weighted by Gasteiger charge is -2.10. The van der Waals surface area contributed by atoms with Crippen molar-refractivity contribution in [1.29, 1.82) is 0 Å². The van der Waals surface area contributed by atoms with Gasteiger partial charge in [-0.25, -0.2) is 0 Å². The van der Waals surface area contributed by atoms with E-state index in [9.17, 15) is 14.9 Å². The Bertz CT molecular complexity index is 656. The summed E-state index contributed by atoms with van der Waals surface area (Å²) < 4.78 is 0. The first kappa shape index (κ1) is 13.5. The Kier molecular flexibility index (Phi) is 3.95. The number of carbonyl (C=O) groups is 1. The molecule has 0 aliphatic rings. The van der Waals surface area contributed by atoms with E-state index >= 15 is 0 Å². The summed E-state index contributed by atoms with van der Waals surface area (Å²) >= 11 is 0. The summed E-state index contributed by atoms with van der Waals surface area (Å²) in [5.74, 6) is -0.224. The van der Waals surface area contributed by atoms with Gasteiger partial charge in [0.15, 0.2) is 0 Å². The van der Waals surface area contributed by atoms with Crippen molar-refractivity contribution in [2.45, 2.75) is 0 Å². The smallest absolute Gasteiger partial charge is 0.271 e. The molecule has 0 saturated heterocycles. The molecule has 0 atom stereocenters. The largest absolute Gasteiger partial charge is 0.355 e. The predicted molar refractivity (Wildman–Crippen MR) is 76.2 cm³/mol. The van der Waals surface area contributed by atoms with Gasteiger partial charge in [-0.15, -0.1) is 0 Å². The van der Waals surface area contributed by atoms with Crippen LogP contribution in [0.2, 0.25) is 0 Å². The molecule has 2 N–H and O–H groups in total. The molecule has 2 rings (SSSR count). The van der Waals surface area contributed by atoms with Crippen molar-refractivity contribution < 1.29 is 9.72 Å². The van der Waals surface area contributed by atoms with Crippen LogP contribution in [0, 0.1) is 10.1 Å². The fraction of sp³-hybridized carbons (Fsp3) is 0.0714. The first-order valence-electron chi connectivity index (χ1n) is 5.94. The van der Waals surface area contributed by atoms with E-state index in [0.717, 1.165) is 0 Å². The lowest BCUT2D eigenvalue weighted by molar-refractivity contribution is -0.384. The zero-order valence-corrected chi connectivity index (χ0v) is 10.8. The van der Waals surface area contributed by atoms with E-state index in [-0.39, 0.29) is 11.6 Å². The zero-order chi connectivity index (χ0) is 14.5. The number of nitrogens with one attached hydrogen (secondary N) is 2. The van der Waals surface area contributed by atoms with Crippen molar-refractivity contribution in [3.63, 3.8) is 0 Å². The van der Waals surface area contributed by atoms with E-state index in [1.807, 2.05) is 0 Å². The maximum atomic E-state index is 11.7. The molecule has 0 spiro atoms. The normalized spacial score (nSPS) is 9.85. The molecule has 6 heteroatoms. The van der Waals surface area contributed by atoms with E-state index < -0.39 is 4.92 Å². The third kappa shape index (κ3) is 2.92. The minimum atomic E-state index is -0.462. The van der Waals surface area contributed by atoms with Gasteiger partial charge in [0.05, 0.1) is 16.2 Å². The topological polar surface area (TPSA) is 84.3 Å². The molecule has 2 aromatic rings. The fourth-order valence-electron chi connectivity index (χ4n) is 1.78. The maximum Gasteiger partial charge on any atom is 0.271 e. The highest BCUT2D eigenvalue weighted by atomic mass is 16.6. The van der Waals surface area contributed by atoms with Crippen LogP contribution in [0.3, 0.4) is 0 Å². The summed E-state index contributed by atoms with van der Waals surface area (Å²) in [6.45, 7) is 0. The predicted octanol–water partition coefficient (Wildman–Crippen LogP) is 2.70. The Morgan fingerprint density at radius 3 is 2.60 bits per heavy atom.